The molecule has 1 fully saturated rings. The van der Waals surface area contributed by atoms with Crippen molar-refractivity contribution in [3.05, 3.63) is 77.6 Å². The molecule has 3 N–H and O–H groups in total. The molecule has 2 aromatic heterocycles. The van der Waals surface area contributed by atoms with Crippen LogP contribution in [0.25, 0.3) is 22.2 Å². The Morgan fingerprint density at radius 3 is 2.46 bits per heavy atom. The summed E-state index contributed by atoms with van der Waals surface area (Å²) in [5.74, 6) is -0.346. The number of rotatable bonds is 7. The van der Waals surface area contributed by atoms with Gasteiger partial charge in [-0.3, -0.25) is 14.8 Å². The molecular formula is C29H31F3N6O. The fourth-order valence-corrected chi connectivity index (χ4v) is 4.98. The Morgan fingerprint density at radius 1 is 1.00 bits per heavy atom. The number of pyridine rings is 1. The highest BCUT2D eigenvalue weighted by Gasteiger charge is 2.34. The second-order valence-corrected chi connectivity index (χ2v) is 10.6. The van der Waals surface area contributed by atoms with E-state index in [0.29, 0.717) is 13.1 Å². The highest BCUT2D eigenvalue weighted by molar-refractivity contribution is 5.91. The fourth-order valence-electron chi connectivity index (χ4n) is 4.98. The molecule has 1 aliphatic rings. The van der Waals surface area contributed by atoms with E-state index < -0.39 is 17.2 Å². The largest absolute Gasteiger partial charge is 0.416 e. The molecule has 0 unspecified atom stereocenters. The van der Waals surface area contributed by atoms with Gasteiger partial charge in [-0.1, -0.05) is 44.2 Å². The predicted molar refractivity (Wildman–Crippen MR) is 145 cm³/mol. The summed E-state index contributed by atoms with van der Waals surface area (Å²) in [6, 6.07) is 14.0. The number of piperazine rings is 1. The van der Waals surface area contributed by atoms with Crippen molar-refractivity contribution in [2.75, 3.05) is 31.5 Å². The number of alkyl halides is 3. The molecule has 204 valence electrons. The number of carbonyl (C=O) groups excluding carboxylic acids is 1. The van der Waals surface area contributed by atoms with Gasteiger partial charge in [0.2, 0.25) is 5.91 Å². The molecular weight excluding hydrogens is 505 g/mol. The molecule has 0 saturated carbocycles. The van der Waals surface area contributed by atoms with E-state index in [0.717, 1.165) is 46.9 Å². The van der Waals surface area contributed by atoms with Gasteiger partial charge in [-0.25, -0.2) is 4.98 Å². The SMILES string of the molecule is CC(C)(CC(=O)Nc1ccc(CN2CCNCC2)c(C(F)(F)F)c1)c1ccc(-c2cnc3[nH]ncc3c2)cc1. The third-order valence-electron chi connectivity index (χ3n) is 7.20. The minimum atomic E-state index is -4.51. The van der Waals surface area contributed by atoms with Crippen molar-refractivity contribution >= 4 is 22.6 Å². The van der Waals surface area contributed by atoms with Crippen LogP contribution in [0.3, 0.4) is 0 Å². The van der Waals surface area contributed by atoms with Crippen LogP contribution in [-0.4, -0.2) is 52.2 Å². The molecule has 0 radical (unpaired) electrons. The van der Waals surface area contributed by atoms with Gasteiger partial charge in [0.05, 0.1) is 11.8 Å². The number of aromatic amines is 1. The van der Waals surface area contributed by atoms with Gasteiger partial charge >= 0.3 is 6.18 Å². The van der Waals surface area contributed by atoms with Crippen LogP contribution < -0.4 is 10.6 Å². The normalized spacial score (nSPS) is 15.0. The van der Waals surface area contributed by atoms with E-state index in [2.05, 4.69) is 25.8 Å². The van der Waals surface area contributed by atoms with Crippen LogP contribution in [0, 0.1) is 0 Å². The molecule has 0 atom stereocenters. The summed E-state index contributed by atoms with van der Waals surface area (Å²) in [6.07, 6.45) is -0.903. The van der Waals surface area contributed by atoms with Crippen LogP contribution in [-0.2, 0) is 22.9 Å². The van der Waals surface area contributed by atoms with Crippen molar-refractivity contribution < 1.29 is 18.0 Å². The summed E-state index contributed by atoms with van der Waals surface area (Å²) < 4.78 is 41.6. The standard InChI is InChI=1S/C29H31F3N6O/c1-28(2,23-6-3-19(4-7-23)21-13-22-17-35-37-27(22)34-16-21)15-26(39)36-24-8-5-20(25(14-24)29(30,31)32)18-38-11-9-33-10-12-38/h3-8,13-14,16-17,33H,9-12,15,18H2,1-2H3,(H,36,39)(H,34,35,37). The number of nitrogens with zero attached hydrogens (tertiary/aromatic N) is 3. The van der Waals surface area contributed by atoms with Crippen LogP contribution >= 0.6 is 0 Å². The maximum atomic E-state index is 13.9. The molecule has 4 aromatic rings. The first-order valence-electron chi connectivity index (χ1n) is 12.9. The van der Waals surface area contributed by atoms with E-state index >= 15 is 0 Å². The molecule has 0 aliphatic carbocycles. The third-order valence-corrected chi connectivity index (χ3v) is 7.20. The molecule has 39 heavy (non-hydrogen) atoms. The van der Waals surface area contributed by atoms with Gasteiger partial charge in [-0.2, -0.15) is 18.3 Å². The Morgan fingerprint density at radius 2 is 1.74 bits per heavy atom. The van der Waals surface area contributed by atoms with Crippen LogP contribution in [0.4, 0.5) is 18.9 Å². The second kappa shape index (κ2) is 10.8. The Kier molecular flexibility index (Phi) is 7.42. The topological polar surface area (TPSA) is 85.9 Å². The molecule has 5 rings (SSSR count). The molecule has 3 heterocycles. The van der Waals surface area contributed by atoms with Gasteiger partial charge < -0.3 is 10.6 Å². The van der Waals surface area contributed by atoms with Gasteiger partial charge in [-0.05, 0) is 40.3 Å². The Bertz CT molecular complexity index is 1460. The first-order chi connectivity index (χ1) is 18.6. The lowest BCUT2D eigenvalue weighted by molar-refractivity contribution is -0.138. The van der Waals surface area contributed by atoms with Crippen LogP contribution in [0.5, 0.6) is 0 Å². The smallest absolute Gasteiger partial charge is 0.326 e. The maximum absolute atomic E-state index is 13.9. The number of fused-ring (bicyclic) bond motifs is 1. The van der Waals surface area contributed by atoms with Crippen molar-refractivity contribution in [3.8, 4) is 11.1 Å². The maximum Gasteiger partial charge on any atom is 0.416 e. The first-order valence-corrected chi connectivity index (χ1v) is 12.9. The summed E-state index contributed by atoms with van der Waals surface area (Å²) >= 11 is 0. The molecule has 10 heteroatoms. The monoisotopic (exact) mass is 536 g/mol. The molecule has 0 bridgehead atoms. The van der Waals surface area contributed by atoms with E-state index in [4.69, 9.17) is 0 Å². The number of anilines is 1. The van der Waals surface area contributed by atoms with Gasteiger partial charge in [0.1, 0.15) is 0 Å². The quantitative estimate of drug-likeness (QED) is 0.296. The van der Waals surface area contributed by atoms with E-state index in [1.54, 1.807) is 18.5 Å². The van der Waals surface area contributed by atoms with Crippen molar-refractivity contribution in [2.45, 2.75) is 38.4 Å². The number of carbonyl (C=O) groups is 1. The molecule has 0 spiro atoms. The summed E-state index contributed by atoms with van der Waals surface area (Å²) in [6.45, 7) is 7.01. The molecule has 2 aromatic carbocycles. The van der Waals surface area contributed by atoms with E-state index in [1.807, 2.05) is 49.1 Å². The van der Waals surface area contributed by atoms with Gasteiger partial charge in [-0.15, -0.1) is 0 Å². The average molecular weight is 537 g/mol. The van der Waals surface area contributed by atoms with Crippen molar-refractivity contribution in [1.82, 2.24) is 25.4 Å². The number of hydrogen-bond acceptors (Lipinski definition) is 5. The average Bonchev–Trinajstić information content (AvgIpc) is 3.37. The number of nitrogens with one attached hydrogen (secondary N) is 3. The number of hydrogen-bond donors (Lipinski definition) is 3. The summed E-state index contributed by atoms with van der Waals surface area (Å²) in [5, 5.41) is 13.6. The Hall–Kier alpha value is -3.76. The van der Waals surface area contributed by atoms with Gasteiger partial charge in [0, 0.05) is 62.0 Å². The van der Waals surface area contributed by atoms with E-state index in [1.165, 1.54) is 6.07 Å². The van der Waals surface area contributed by atoms with Crippen LogP contribution in [0.1, 0.15) is 37.0 Å². The van der Waals surface area contributed by atoms with E-state index in [-0.39, 0.29) is 30.1 Å². The van der Waals surface area contributed by atoms with Crippen LogP contribution in [0.2, 0.25) is 0 Å². The van der Waals surface area contributed by atoms with Crippen molar-refractivity contribution in [1.29, 1.82) is 0 Å². The highest BCUT2D eigenvalue weighted by Crippen LogP contribution is 2.35. The molecule has 7 nitrogen and oxygen atoms in total. The van der Waals surface area contributed by atoms with Crippen molar-refractivity contribution in [2.24, 2.45) is 0 Å². The lowest BCUT2D eigenvalue weighted by Crippen LogP contribution is -2.43. The molecule has 1 amide bonds. The minimum absolute atomic E-state index is 0.110. The van der Waals surface area contributed by atoms with Crippen LogP contribution in [0.15, 0.2) is 60.9 Å². The fraction of sp³-hybridized carbons (Fsp3) is 0.345. The zero-order valence-corrected chi connectivity index (χ0v) is 21.9. The first kappa shape index (κ1) is 26.8. The summed E-state index contributed by atoms with van der Waals surface area (Å²) in [5.41, 5.74) is 2.71. The summed E-state index contributed by atoms with van der Waals surface area (Å²) in [7, 11) is 0. The second-order valence-electron chi connectivity index (χ2n) is 10.6. The Labute approximate surface area is 224 Å². The number of benzene rings is 2. The lowest BCUT2D eigenvalue weighted by Gasteiger charge is -2.28. The minimum Gasteiger partial charge on any atom is -0.326 e. The number of amides is 1. The number of aromatic nitrogens is 3. The third kappa shape index (κ3) is 6.29. The van der Waals surface area contributed by atoms with Gasteiger partial charge in [0.15, 0.2) is 5.65 Å². The summed E-state index contributed by atoms with van der Waals surface area (Å²) in [4.78, 5) is 19.3. The predicted octanol–water partition coefficient (Wildman–Crippen LogP) is 5.36. The molecule has 1 aliphatic heterocycles. The van der Waals surface area contributed by atoms with Gasteiger partial charge in [0.25, 0.3) is 0 Å². The lowest BCUT2D eigenvalue weighted by atomic mass is 9.80. The van der Waals surface area contributed by atoms with Crippen molar-refractivity contribution in [3.63, 3.8) is 0 Å². The zero-order valence-electron chi connectivity index (χ0n) is 21.9. The number of halogens is 3. The highest BCUT2D eigenvalue weighted by atomic mass is 19.4. The van der Waals surface area contributed by atoms with E-state index in [9.17, 15) is 18.0 Å². The zero-order chi connectivity index (χ0) is 27.6. The Balaban J connectivity index is 1.26. The molecule has 1 saturated heterocycles. The number of H-pyrrole nitrogens is 1.